The number of nitrogens with one attached hydrogen (secondary N) is 1. The van der Waals surface area contributed by atoms with Crippen LogP contribution in [0.3, 0.4) is 0 Å². The van der Waals surface area contributed by atoms with E-state index in [-0.39, 0.29) is 5.41 Å². The second kappa shape index (κ2) is 7.59. The highest BCUT2D eigenvalue weighted by molar-refractivity contribution is 6.31. The predicted octanol–water partition coefficient (Wildman–Crippen LogP) is 3.35. The zero-order valence-corrected chi connectivity index (χ0v) is 14.1. The lowest BCUT2D eigenvalue weighted by Crippen LogP contribution is -2.46. The van der Waals surface area contributed by atoms with E-state index in [0.717, 1.165) is 31.3 Å². The maximum atomic E-state index is 6.34. The van der Waals surface area contributed by atoms with E-state index in [2.05, 4.69) is 36.3 Å². The molecule has 118 valence electrons. The van der Waals surface area contributed by atoms with Crippen LogP contribution < -0.4 is 5.32 Å². The first kappa shape index (κ1) is 16.8. The Morgan fingerprint density at radius 2 is 2.00 bits per heavy atom. The van der Waals surface area contributed by atoms with Crippen LogP contribution in [0.15, 0.2) is 24.3 Å². The molecule has 0 amide bonds. The minimum atomic E-state index is 0.254. The van der Waals surface area contributed by atoms with E-state index >= 15 is 0 Å². The standard InChI is InChI=1S/C17H27ClN2O/c1-14(15-6-4-5-7-16(15)18)20(2)12-17(13-21-3)8-10-19-11-9-17/h4-7,14,19H,8-13H2,1-3H3. The van der Waals surface area contributed by atoms with E-state index in [1.165, 1.54) is 18.4 Å². The normalized spacial score (nSPS) is 19.7. The number of methoxy groups -OCH3 is 1. The van der Waals surface area contributed by atoms with Gasteiger partial charge in [0.2, 0.25) is 0 Å². The van der Waals surface area contributed by atoms with Gasteiger partial charge in [-0.25, -0.2) is 0 Å². The number of piperidine rings is 1. The molecule has 0 radical (unpaired) electrons. The van der Waals surface area contributed by atoms with Gasteiger partial charge in [0.15, 0.2) is 0 Å². The molecule has 3 nitrogen and oxygen atoms in total. The predicted molar refractivity (Wildman–Crippen MR) is 88.9 cm³/mol. The molecule has 1 fully saturated rings. The average Bonchev–Trinajstić information content (AvgIpc) is 2.48. The monoisotopic (exact) mass is 310 g/mol. The Labute approximate surface area is 133 Å². The molecule has 1 aliphatic heterocycles. The number of ether oxygens (including phenoxy) is 1. The van der Waals surface area contributed by atoms with Crippen molar-refractivity contribution in [1.82, 2.24) is 10.2 Å². The fourth-order valence-corrected chi connectivity index (χ4v) is 3.62. The first-order valence-electron chi connectivity index (χ1n) is 7.72. The quantitative estimate of drug-likeness (QED) is 0.872. The largest absolute Gasteiger partial charge is 0.384 e. The summed E-state index contributed by atoms with van der Waals surface area (Å²) in [5.41, 5.74) is 1.45. The molecular weight excluding hydrogens is 284 g/mol. The number of benzene rings is 1. The number of rotatable bonds is 6. The molecule has 1 aliphatic rings. The van der Waals surface area contributed by atoms with Crippen LogP contribution in [0.25, 0.3) is 0 Å². The SMILES string of the molecule is COCC1(CN(C)C(C)c2ccccc2Cl)CCNCC1. The summed E-state index contributed by atoms with van der Waals surface area (Å²) in [5.74, 6) is 0. The van der Waals surface area contributed by atoms with Crippen molar-refractivity contribution in [2.24, 2.45) is 5.41 Å². The molecule has 1 saturated heterocycles. The van der Waals surface area contributed by atoms with Crippen molar-refractivity contribution in [2.45, 2.75) is 25.8 Å². The highest BCUT2D eigenvalue weighted by Gasteiger charge is 2.34. The third kappa shape index (κ3) is 4.19. The first-order valence-corrected chi connectivity index (χ1v) is 8.10. The first-order chi connectivity index (χ1) is 10.1. The molecule has 0 aliphatic carbocycles. The third-order valence-electron chi connectivity index (χ3n) is 4.72. The molecule has 21 heavy (non-hydrogen) atoms. The van der Waals surface area contributed by atoms with E-state index in [0.29, 0.717) is 6.04 Å². The van der Waals surface area contributed by atoms with Gasteiger partial charge in [0.1, 0.15) is 0 Å². The Balaban J connectivity index is 2.08. The molecule has 4 heteroatoms. The van der Waals surface area contributed by atoms with Crippen LogP contribution in [0, 0.1) is 5.41 Å². The van der Waals surface area contributed by atoms with Gasteiger partial charge >= 0.3 is 0 Å². The van der Waals surface area contributed by atoms with E-state index in [1.807, 2.05) is 12.1 Å². The maximum absolute atomic E-state index is 6.34. The molecular formula is C17H27ClN2O. The molecule has 0 spiro atoms. The Kier molecular flexibility index (Phi) is 6.06. The molecule has 1 aromatic carbocycles. The van der Waals surface area contributed by atoms with Crippen LogP contribution in [0.1, 0.15) is 31.4 Å². The van der Waals surface area contributed by atoms with Crippen molar-refractivity contribution in [3.8, 4) is 0 Å². The van der Waals surface area contributed by atoms with E-state index in [1.54, 1.807) is 7.11 Å². The van der Waals surface area contributed by atoms with Gasteiger partial charge in [-0.05, 0) is 51.5 Å². The van der Waals surface area contributed by atoms with Gasteiger partial charge in [-0.15, -0.1) is 0 Å². The molecule has 0 saturated carbocycles. The lowest BCUT2D eigenvalue weighted by Gasteiger charge is -2.41. The molecule has 1 atom stereocenters. The van der Waals surface area contributed by atoms with Gasteiger partial charge in [0.05, 0.1) is 6.61 Å². The van der Waals surface area contributed by atoms with Gasteiger partial charge in [0.25, 0.3) is 0 Å². The topological polar surface area (TPSA) is 24.5 Å². The van der Waals surface area contributed by atoms with Crippen LogP contribution in [0.5, 0.6) is 0 Å². The molecule has 0 bridgehead atoms. The van der Waals surface area contributed by atoms with Crippen LogP contribution in [0.2, 0.25) is 5.02 Å². The van der Waals surface area contributed by atoms with Gasteiger partial charge in [-0.3, -0.25) is 4.90 Å². The Bertz CT molecular complexity index is 441. The smallest absolute Gasteiger partial charge is 0.0531 e. The van der Waals surface area contributed by atoms with E-state index in [4.69, 9.17) is 16.3 Å². The van der Waals surface area contributed by atoms with Crippen LogP contribution >= 0.6 is 11.6 Å². The number of halogens is 1. The lowest BCUT2D eigenvalue weighted by atomic mass is 9.79. The molecule has 1 heterocycles. The van der Waals surface area contributed by atoms with E-state index in [9.17, 15) is 0 Å². The summed E-state index contributed by atoms with van der Waals surface area (Å²) in [6, 6.07) is 8.44. The third-order valence-corrected chi connectivity index (χ3v) is 5.06. The molecule has 0 aromatic heterocycles. The number of nitrogens with zero attached hydrogens (tertiary/aromatic N) is 1. The number of hydrogen-bond acceptors (Lipinski definition) is 3. The maximum Gasteiger partial charge on any atom is 0.0531 e. The lowest BCUT2D eigenvalue weighted by molar-refractivity contribution is 0.0201. The van der Waals surface area contributed by atoms with Crippen molar-refractivity contribution in [1.29, 1.82) is 0 Å². The summed E-state index contributed by atoms with van der Waals surface area (Å²) in [4.78, 5) is 2.41. The summed E-state index contributed by atoms with van der Waals surface area (Å²) >= 11 is 6.34. The molecule has 1 unspecified atom stereocenters. The van der Waals surface area contributed by atoms with Gasteiger partial charge in [-0.1, -0.05) is 29.8 Å². The zero-order valence-electron chi connectivity index (χ0n) is 13.4. The van der Waals surface area contributed by atoms with E-state index < -0.39 is 0 Å². The second-order valence-electron chi connectivity index (χ2n) is 6.30. The second-order valence-corrected chi connectivity index (χ2v) is 6.70. The van der Waals surface area contributed by atoms with Crippen molar-refractivity contribution in [2.75, 3.05) is 40.4 Å². The van der Waals surface area contributed by atoms with Crippen molar-refractivity contribution < 1.29 is 4.74 Å². The van der Waals surface area contributed by atoms with Crippen LogP contribution in [-0.4, -0.2) is 45.3 Å². The molecule has 1 aromatic rings. The zero-order chi connectivity index (χ0) is 15.3. The van der Waals surface area contributed by atoms with Gasteiger partial charge in [0, 0.05) is 30.1 Å². The summed E-state index contributed by atoms with van der Waals surface area (Å²) in [6.45, 7) is 6.25. The Morgan fingerprint density at radius 1 is 1.33 bits per heavy atom. The van der Waals surface area contributed by atoms with Crippen LogP contribution in [-0.2, 0) is 4.74 Å². The van der Waals surface area contributed by atoms with Crippen molar-refractivity contribution in [3.05, 3.63) is 34.9 Å². The van der Waals surface area contributed by atoms with Crippen molar-refractivity contribution in [3.63, 3.8) is 0 Å². The number of hydrogen-bond donors (Lipinski definition) is 1. The van der Waals surface area contributed by atoms with Crippen molar-refractivity contribution >= 4 is 11.6 Å². The Morgan fingerprint density at radius 3 is 2.62 bits per heavy atom. The fraction of sp³-hybridized carbons (Fsp3) is 0.647. The van der Waals surface area contributed by atoms with Gasteiger partial charge < -0.3 is 10.1 Å². The minimum absolute atomic E-state index is 0.254. The Hall–Kier alpha value is -0.610. The fourth-order valence-electron chi connectivity index (χ4n) is 3.33. The highest BCUT2D eigenvalue weighted by atomic mass is 35.5. The van der Waals surface area contributed by atoms with Crippen LogP contribution in [0.4, 0.5) is 0 Å². The molecule has 2 rings (SSSR count). The molecule has 1 N–H and O–H groups in total. The minimum Gasteiger partial charge on any atom is -0.384 e. The summed E-state index contributed by atoms with van der Waals surface area (Å²) in [6.07, 6.45) is 2.33. The average molecular weight is 311 g/mol. The highest BCUT2D eigenvalue weighted by Crippen LogP contribution is 2.34. The summed E-state index contributed by atoms with van der Waals surface area (Å²) in [5, 5.41) is 4.30. The summed E-state index contributed by atoms with van der Waals surface area (Å²) in [7, 11) is 3.99. The summed E-state index contributed by atoms with van der Waals surface area (Å²) < 4.78 is 5.51. The van der Waals surface area contributed by atoms with Gasteiger partial charge in [-0.2, -0.15) is 0 Å².